The van der Waals surface area contributed by atoms with Crippen molar-refractivity contribution in [2.75, 3.05) is 7.11 Å². The maximum atomic E-state index is 12.5. The van der Waals surface area contributed by atoms with E-state index in [4.69, 9.17) is 38.1 Å². The number of carbonyl (C=O) groups is 1. The Kier molecular flexibility index (Phi) is 6.09. The lowest BCUT2D eigenvalue weighted by Gasteiger charge is -2.22. The van der Waals surface area contributed by atoms with E-state index in [0.717, 1.165) is 10.5 Å². The molecule has 2 aliphatic heterocycles. The highest BCUT2D eigenvalue weighted by Crippen LogP contribution is 2.34. The molecule has 2 aromatic rings. The van der Waals surface area contributed by atoms with Crippen molar-refractivity contribution in [2.45, 2.75) is 13.5 Å². The summed E-state index contributed by atoms with van der Waals surface area (Å²) in [6.07, 6.45) is 3.42. The summed E-state index contributed by atoms with van der Waals surface area (Å²) in [7, 11) is 1.54. The molecule has 0 atom stereocenters. The van der Waals surface area contributed by atoms with Crippen molar-refractivity contribution in [1.29, 1.82) is 5.41 Å². The zero-order valence-corrected chi connectivity index (χ0v) is 18.9. The fraction of sp³-hybridized carbons (Fsp3) is 0.136. The number of nitrogens with one attached hydrogen (secondary N) is 1. The van der Waals surface area contributed by atoms with E-state index < -0.39 is 5.91 Å². The van der Waals surface area contributed by atoms with Crippen LogP contribution in [-0.2, 0) is 11.4 Å². The minimum atomic E-state index is -0.441. The monoisotopic (exact) mass is 473 g/mol. The Morgan fingerprint density at radius 2 is 2.00 bits per heavy atom. The number of ether oxygens (including phenoxy) is 2. The second kappa shape index (κ2) is 8.78. The number of halogens is 2. The number of amidine groups is 2. The first-order valence-electron chi connectivity index (χ1n) is 9.19. The van der Waals surface area contributed by atoms with E-state index in [9.17, 15) is 4.79 Å². The number of nitrogens with zero attached hydrogens (tertiary/aromatic N) is 2. The maximum absolute atomic E-state index is 12.5. The molecule has 0 aliphatic carbocycles. The Balaban J connectivity index is 1.57. The number of hydrogen-bond acceptors (Lipinski definition) is 5. The summed E-state index contributed by atoms with van der Waals surface area (Å²) in [5, 5.41) is 9.98. The molecule has 1 N–H and O–H groups in total. The van der Waals surface area contributed by atoms with Crippen LogP contribution < -0.4 is 9.47 Å². The number of fused-ring (bicyclic) bond motifs is 1. The number of amides is 1. The minimum absolute atomic E-state index is 0.0935. The van der Waals surface area contributed by atoms with Crippen LogP contribution in [0.4, 0.5) is 0 Å². The molecule has 0 bridgehead atoms. The first kappa shape index (κ1) is 21.5. The van der Waals surface area contributed by atoms with E-state index in [1.165, 1.54) is 18.9 Å². The number of aliphatic imine (C=N–C) groups is 1. The topological polar surface area (TPSA) is 75.0 Å². The van der Waals surface area contributed by atoms with Gasteiger partial charge in [0.15, 0.2) is 16.7 Å². The molecule has 0 radical (unpaired) electrons. The number of rotatable bonds is 5. The van der Waals surface area contributed by atoms with Gasteiger partial charge in [-0.15, -0.1) is 0 Å². The number of thioether (sulfide) groups is 1. The lowest BCUT2D eigenvalue weighted by Crippen LogP contribution is -2.35. The van der Waals surface area contributed by atoms with E-state index in [1.807, 2.05) is 6.92 Å². The molecule has 0 fully saturated rings. The van der Waals surface area contributed by atoms with Crippen LogP contribution in [0.25, 0.3) is 6.08 Å². The molecular formula is C22H17Cl2N3O3S. The van der Waals surface area contributed by atoms with Crippen LogP contribution in [0.1, 0.15) is 18.1 Å². The maximum Gasteiger partial charge on any atom is 0.283 e. The summed E-state index contributed by atoms with van der Waals surface area (Å²) in [6, 6.07) is 10.5. The fourth-order valence-electron chi connectivity index (χ4n) is 3.06. The van der Waals surface area contributed by atoms with Crippen molar-refractivity contribution in [3.05, 3.63) is 74.2 Å². The van der Waals surface area contributed by atoms with Gasteiger partial charge in [0.25, 0.3) is 5.91 Å². The van der Waals surface area contributed by atoms with Crippen molar-refractivity contribution in [2.24, 2.45) is 4.99 Å². The molecular weight excluding hydrogens is 457 g/mol. The van der Waals surface area contributed by atoms with Crippen molar-refractivity contribution in [1.82, 2.24) is 4.90 Å². The standard InChI is InChI=1S/C22H17Cl2N3O3S/c1-12-10-27-20(25)16(21(28)26-22(27)31-12)7-13-3-6-18(19(8-13)29-2)30-11-14-4-5-15(23)9-17(14)24/h3-10,25H,11H2,1-2H3. The summed E-state index contributed by atoms with van der Waals surface area (Å²) < 4.78 is 11.3. The van der Waals surface area contributed by atoms with Crippen LogP contribution in [0.3, 0.4) is 0 Å². The van der Waals surface area contributed by atoms with Gasteiger partial charge in [-0.1, -0.05) is 47.1 Å². The zero-order chi connectivity index (χ0) is 22.1. The largest absolute Gasteiger partial charge is 0.493 e. The number of benzene rings is 2. The Bertz CT molecular complexity index is 1190. The van der Waals surface area contributed by atoms with E-state index in [1.54, 1.807) is 53.6 Å². The predicted molar refractivity (Wildman–Crippen MR) is 125 cm³/mol. The van der Waals surface area contributed by atoms with Gasteiger partial charge in [0, 0.05) is 26.7 Å². The molecule has 2 aromatic carbocycles. The first-order valence-corrected chi connectivity index (χ1v) is 10.8. The molecule has 0 aromatic heterocycles. The van der Waals surface area contributed by atoms with Gasteiger partial charge in [-0.25, -0.2) is 0 Å². The van der Waals surface area contributed by atoms with Crippen LogP contribution in [0.15, 0.2) is 58.1 Å². The first-order chi connectivity index (χ1) is 14.9. The third kappa shape index (κ3) is 4.49. The molecule has 9 heteroatoms. The van der Waals surface area contributed by atoms with E-state index >= 15 is 0 Å². The summed E-state index contributed by atoms with van der Waals surface area (Å²) in [5.41, 5.74) is 1.69. The number of allylic oxidation sites excluding steroid dienone is 1. The number of hydrogen-bond donors (Lipinski definition) is 1. The second-order valence-electron chi connectivity index (χ2n) is 6.75. The lowest BCUT2D eigenvalue weighted by molar-refractivity contribution is -0.114. The van der Waals surface area contributed by atoms with Crippen molar-refractivity contribution in [3.63, 3.8) is 0 Å². The van der Waals surface area contributed by atoms with Crippen LogP contribution in [0, 0.1) is 5.41 Å². The smallest absolute Gasteiger partial charge is 0.283 e. The molecule has 0 unspecified atom stereocenters. The number of carbonyl (C=O) groups excluding carboxylic acids is 1. The molecule has 2 aliphatic rings. The quantitative estimate of drug-likeness (QED) is 0.559. The highest BCUT2D eigenvalue weighted by Gasteiger charge is 2.32. The fourth-order valence-corrected chi connectivity index (χ4v) is 4.34. The highest BCUT2D eigenvalue weighted by atomic mass is 35.5. The predicted octanol–water partition coefficient (Wildman–Crippen LogP) is 5.75. The zero-order valence-electron chi connectivity index (χ0n) is 16.6. The Hall–Kier alpha value is -2.74. The van der Waals surface area contributed by atoms with Crippen molar-refractivity contribution < 1.29 is 14.3 Å². The molecule has 158 valence electrons. The molecule has 0 spiro atoms. The summed E-state index contributed by atoms with van der Waals surface area (Å²) in [6.45, 7) is 2.15. The SMILES string of the molecule is COc1cc(C=C2C(=N)N3C=C(C)SC3=NC2=O)ccc1OCc1ccc(Cl)cc1Cl. The molecule has 0 saturated carbocycles. The highest BCUT2D eigenvalue weighted by molar-refractivity contribution is 8.17. The van der Waals surface area contributed by atoms with Crippen molar-refractivity contribution in [3.8, 4) is 11.5 Å². The summed E-state index contributed by atoms with van der Waals surface area (Å²) in [4.78, 5) is 19.1. The van der Waals surface area contributed by atoms with Gasteiger partial charge >= 0.3 is 0 Å². The summed E-state index contributed by atoms with van der Waals surface area (Å²) in [5.74, 6) is 0.668. The molecule has 4 rings (SSSR count). The van der Waals surface area contributed by atoms with Crippen LogP contribution in [-0.4, -0.2) is 28.9 Å². The van der Waals surface area contributed by atoms with Crippen LogP contribution in [0.2, 0.25) is 10.0 Å². The molecule has 0 saturated heterocycles. The Morgan fingerprint density at radius 3 is 2.74 bits per heavy atom. The molecule has 2 heterocycles. The van der Waals surface area contributed by atoms with Gasteiger partial charge in [-0.2, -0.15) is 4.99 Å². The normalized spacial score (nSPS) is 16.9. The summed E-state index contributed by atoms with van der Waals surface area (Å²) >= 11 is 13.5. The third-order valence-corrected chi connectivity index (χ3v) is 6.07. The average molecular weight is 474 g/mol. The molecule has 1 amide bonds. The van der Waals surface area contributed by atoms with E-state index in [0.29, 0.717) is 32.3 Å². The van der Waals surface area contributed by atoms with Gasteiger partial charge in [0.2, 0.25) is 0 Å². The van der Waals surface area contributed by atoms with Gasteiger partial charge in [0.1, 0.15) is 12.4 Å². The molecule has 6 nitrogen and oxygen atoms in total. The molecule has 31 heavy (non-hydrogen) atoms. The Labute approximate surface area is 193 Å². The Morgan fingerprint density at radius 1 is 1.19 bits per heavy atom. The minimum Gasteiger partial charge on any atom is -0.493 e. The van der Waals surface area contributed by atoms with Crippen LogP contribution in [0.5, 0.6) is 11.5 Å². The van der Waals surface area contributed by atoms with Gasteiger partial charge < -0.3 is 9.47 Å². The van der Waals surface area contributed by atoms with Crippen LogP contribution >= 0.6 is 35.0 Å². The van der Waals surface area contributed by atoms with Gasteiger partial charge in [-0.05, 0) is 42.8 Å². The van der Waals surface area contributed by atoms with Gasteiger partial charge in [-0.3, -0.25) is 15.1 Å². The average Bonchev–Trinajstić information content (AvgIpc) is 3.11. The lowest BCUT2D eigenvalue weighted by atomic mass is 10.1. The number of methoxy groups -OCH3 is 1. The van der Waals surface area contributed by atoms with E-state index in [-0.39, 0.29) is 18.0 Å². The second-order valence-corrected chi connectivity index (χ2v) is 8.81. The van der Waals surface area contributed by atoms with Gasteiger partial charge in [0.05, 0.1) is 12.7 Å². The third-order valence-electron chi connectivity index (χ3n) is 4.59. The van der Waals surface area contributed by atoms with Crippen molar-refractivity contribution >= 4 is 58.0 Å². The van der Waals surface area contributed by atoms with E-state index in [2.05, 4.69) is 4.99 Å².